The van der Waals surface area contributed by atoms with E-state index in [-0.39, 0.29) is 0 Å². The molecule has 1 aromatic heterocycles. The maximum absolute atomic E-state index is 12.9. The average molecular weight is 412 g/mol. The first kappa shape index (κ1) is 21.6. The minimum atomic E-state index is -0.491. The fraction of sp³-hybridized carbons (Fsp3) is 0.160. The second-order valence-corrected chi connectivity index (χ2v) is 6.76. The molecule has 2 N–H and O–H groups in total. The van der Waals surface area contributed by atoms with E-state index in [4.69, 9.17) is 0 Å². The van der Waals surface area contributed by atoms with Crippen molar-refractivity contribution in [3.8, 4) is 11.8 Å². The number of hydrogen-bond acceptors (Lipinski definition) is 3. The zero-order chi connectivity index (χ0) is 21.9. The minimum absolute atomic E-state index is 0.313. The van der Waals surface area contributed by atoms with Gasteiger partial charge in [0.05, 0.1) is 16.9 Å². The van der Waals surface area contributed by atoms with Crippen molar-refractivity contribution in [2.24, 2.45) is 0 Å². The molecule has 0 saturated carbocycles. The number of aromatic nitrogens is 1. The number of carbonyl (C=O) groups is 2. The summed E-state index contributed by atoms with van der Waals surface area (Å²) in [5.74, 6) is 5.61. The van der Waals surface area contributed by atoms with Crippen molar-refractivity contribution in [3.63, 3.8) is 0 Å². The molecule has 0 fully saturated rings. The molecule has 0 spiro atoms. The number of nitrogens with one attached hydrogen (secondary N) is 2. The summed E-state index contributed by atoms with van der Waals surface area (Å²) in [5.41, 5.74) is 7.25. The van der Waals surface area contributed by atoms with E-state index in [0.29, 0.717) is 22.5 Å². The van der Waals surface area contributed by atoms with E-state index in [2.05, 4.69) is 34.6 Å². The lowest BCUT2D eigenvalue weighted by Crippen LogP contribution is -2.47. The quantitative estimate of drug-likeness (QED) is 0.359. The van der Waals surface area contributed by atoms with Crippen LogP contribution in [0.15, 0.2) is 79.1 Å². The maximum atomic E-state index is 12.9. The number of unbranched alkanes of at least 4 members (excludes halogenated alkanes) is 2. The number of nitrogens with zero attached hydrogens (tertiary/aromatic N) is 2. The van der Waals surface area contributed by atoms with Crippen molar-refractivity contribution in [3.05, 3.63) is 90.3 Å². The van der Waals surface area contributed by atoms with Gasteiger partial charge in [-0.05, 0) is 36.8 Å². The van der Waals surface area contributed by atoms with Gasteiger partial charge in [-0.25, -0.2) is 10.2 Å². The van der Waals surface area contributed by atoms with Crippen LogP contribution in [-0.4, -0.2) is 16.9 Å². The fourth-order valence-electron chi connectivity index (χ4n) is 2.84. The fourth-order valence-corrected chi connectivity index (χ4v) is 2.84. The second kappa shape index (κ2) is 11.2. The number of para-hydroxylation sites is 2. The predicted molar refractivity (Wildman–Crippen MR) is 122 cm³/mol. The van der Waals surface area contributed by atoms with Gasteiger partial charge in [0, 0.05) is 24.4 Å². The van der Waals surface area contributed by atoms with Gasteiger partial charge in [0.25, 0.3) is 5.91 Å². The highest BCUT2D eigenvalue weighted by Gasteiger charge is 2.18. The number of urea groups is 1. The zero-order valence-corrected chi connectivity index (χ0v) is 17.3. The van der Waals surface area contributed by atoms with Gasteiger partial charge in [0.1, 0.15) is 0 Å². The van der Waals surface area contributed by atoms with Crippen molar-refractivity contribution in [2.75, 3.05) is 4.90 Å². The van der Waals surface area contributed by atoms with Crippen molar-refractivity contribution < 1.29 is 9.59 Å². The number of pyridine rings is 1. The number of anilines is 2. The van der Waals surface area contributed by atoms with Gasteiger partial charge in [0.2, 0.25) is 0 Å². The summed E-state index contributed by atoms with van der Waals surface area (Å²) in [7, 11) is 0. The topological polar surface area (TPSA) is 74.3 Å². The standard InChI is InChI=1S/C25H24N4O2/c1-2-3-4-7-12-20-17-21(19-26-18-20)24(30)27-28-25(31)29(22-13-8-5-9-14-22)23-15-10-6-11-16-23/h5-6,8-11,13-19H,2-4H2,1H3,(H,27,30)(H,28,31). The van der Waals surface area contributed by atoms with Crippen LogP contribution in [0, 0.1) is 11.8 Å². The molecular weight excluding hydrogens is 388 g/mol. The lowest BCUT2D eigenvalue weighted by molar-refractivity contribution is 0.0937. The first-order valence-corrected chi connectivity index (χ1v) is 10.1. The van der Waals surface area contributed by atoms with Crippen LogP contribution in [0.25, 0.3) is 0 Å². The van der Waals surface area contributed by atoms with Crippen LogP contribution in [0.2, 0.25) is 0 Å². The highest BCUT2D eigenvalue weighted by molar-refractivity contribution is 6.01. The smallest absolute Gasteiger partial charge is 0.267 e. The van der Waals surface area contributed by atoms with Gasteiger partial charge < -0.3 is 0 Å². The lowest BCUT2D eigenvalue weighted by atomic mass is 10.2. The zero-order valence-electron chi connectivity index (χ0n) is 17.3. The van der Waals surface area contributed by atoms with Gasteiger partial charge >= 0.3 is 6.03 Å². The largest absolute Gasteiger partial charge is 0.345 e. The minimum Gasteiger partial charge on any atom is -0.267 e. The monoisotopic (exact) mass is 412 g/mol. The average Bonchev–Trinajstić information content (AvgIpc) is 2.82. The van der Waals surface area contributed by atoms with Crippen molar-refractivity contribution in [2.45, 2.75) is 26.2 Å². The number of amides is 3. The maximum Gasteiger partial charge on any atom is 0.345 e. The molecule has 31 heavy (non-hydrogen) atoms. The molecule has 0 saturated heterocycles. The number of hydrazine groups is 1. The molecular formula is C25H24N4O2. The summed E-state index contributed by atoms with van der Waals surface area (Å²) in [6, 6.07) is 19.6. The second-order valence-electron chi connectivity index (χ2n) is 6.76. The summed E-state index contributed by atoms with van der Waals surface area (Å²) in [5, 5.41) is 0. The van der Waals surface area contributed by atoms with E-state index in [9.17, 15) is 9.59 Å². The Kier molecular flexibility index (Phi) is 7.78. The molecule has 0 radical (unpaired) electrons. The van der Waals surface area contributed by atoms with E-state index in [1.807, 2.05) is 60.7 Å². The summed E-state index contributed by atoms with van der Waals surface area (Å²) in [4.78, 5) is 31.0. The molecule has 1 heterocycles. The first-order chi connectivity index (χ1) is 15.2. The van der Waals surface area contributed by atoms with E-state index < -0.39 is 11.9 Å². The Hall–Kier alpha value is -4.11. The third-order valence-electron chi connectivity index (χ3n) is 4.40. The molecule has 0 aliphatic heterocycles. The van der Waals surface area contributed by atoms with E-state index in [0.717, 1.165) is 19.3 Å². The number of benzene rings is 2. The molecule has 3 amide bonds. The third kappa shape index (κ3) is 6.18. The van der Waals surface area contributed by atoms with Crippen molar-refractivity contribution >= 4 is 23.3 Å². The predicted octanol–water partition coefficient (Wildman–Crippen LogP) is 4.82. The Labute approximate surface area is 182 Å². The molecule has 0 bridgehead atoms. The molecule has 0 atom stereocenters. The van der Waals surface area contributed by atoms with Gasteiger partial charge in [-0.15, -0.1) is 0 Å². The van der Waals surface area contributed by atoms with E-state index >= 15 is 0 Å². The van der Waals surface area contributed by atoms with Gasteiger partial charge in [-0.2, -0.15) is 0 Å². The highest BCUT2D eigenvalue weighted by atomic mass is 16.2. The molecule has 3 rings (SSSR count). The molecule has 156 valence electrons. The normalized spacial score (nSPS) is 9.84. The van der Waals surface area contributed by atoms with Crippen molar-refractivity contribution in [1.82, 2.24) is 15.8 Å². The molecule has 0 aliphatic carbocycles. The van der Waals surface area contributed by atoms with Gasteiger partial charge in [-0.3, -0.25) is 20.1 Å². The van der Waals surface area contributed by atoms with Gasteiger partial charge in [-0.1, -0.05) is 61.6 Å². The molecule has 2 aromatic carbocycles. The van der Waals surface area contributed by atoms with Crippen LogP contribution in [0.3, 0.4) is 0 Å². The van der Waals surface area contributed by atoms with Crippen molar-refractivity contribution in [1.29, 1.82) is 0 Å². The summed E-state index contributed by atoms with van der Waals surface area (Å²) in [6.45, 7) is 2.11. The Balaban J connectivity index is 1.70. The molecule has 3 aromatic rings. The van der Waals surface area contributed by atoms with E-state index in [1.54, 1.807) is 12.3 Å². The highest BCUT2D eigenvalue weighted by Crippen LogP contribution is 2.24. The molecule has 0 aliphatic rings. The lowest BCUT2D eigenvalue weighted by Gasteiger charge is -2.23. The van der Waals surface area contributed by atoms with Crippen LogP contribution >= 0.6 is 0 Å². The van der Waals surface area contributed by atoms with Gasteiger partial charge in [0.15, 0.2) is 0 Å². The Morgan fingerprint density at radius 2 is 1.58 bits per heavy atom. The summed E-state index contributed by atoms with van der Waals surface area (Å²) < 4.78 is 0. The Morgan fingerprint density at radius 1 is 0.935 bits per heavy atom. The Morgan fingerprint density at radius 3 is 2.19 bits per heavy atom. The summed E-state index contributed by atoms with van der Waals surface area (Å²) >= 11 is 0. The van der Waals surface area contributed by atoms with Crippen LogP contribution in [0.1, 0.15) is 42.1 Å². The number of hydrogen-bond donors (Lipinski definition) is 2. The Bertz CT molecular complexity index is 1030. The third-order valence-corrected chi connectivity index (χ3v) is 4.40. The SMILES string of the molecule is CCCCC#Cc1cncc(C(=O)NNC(=O)N(c2ccccc2)c2ccccc2)c1. The van der Waals surface area contributed by atoms with Crippen LogP contribution in [-0.2, 0) is 0 Å². The molecule has 0 unspecified atom stereocenters. The van der Waals surface area contributed by atoms with Crippen LogP contribution in [0.4, 0.5) is 16.2 Å². The van der Waals surface area contributed by atoms with Crippen LogP contribution in [0.5, 0.6) is 0 Å². The first-order valence-electron chi connectivity index (χ1n) is 10.1. The summed E-state index contributed by atoms with van der Waals surface area (Å²) in [6.07, 6.45) is 5.97. The number of carbonyl (C=O) groups excluding carboxylic acids is 2. The number of rotatable bonds is 5. The van der Waals surface area contributed by atoms with E-state index in [1.165, 1.54) is 11.1 Å². The van der Waals surface area contributed by atoms with Crippen LogP contribution < -0.4 is 15.8 Å². The molecule has 6 heteroatoms. The molecule has 6 nitrogen and oxygen atoms in total.